The van der Waals surface area contributed by atoms with Crippen LogP contribution in [0.1, 0.15) is 18.5 Å². The molecule has 14 heavy (non-hydrogen) atoms. The summed E-state index contributed by atoms with van der Waals surface area (Å²) in [5.41, 5.74) is 0.364. The number of pyridine rings is 1. The van der Waals surface area contributed by atoms with Gasteiger partial charge in [-0.15, -0.1) is 0 Å². The fourth-order valence-electron chi connectivity index (χ4n) is 1.54. The lowest BCUT2D eigenvalue weighted by Gasteiger charge is -2.11. The molecule has 1 saturated carbocycles. The molecule has 0 spiro atoms. The van der Waals surface area contributed by atoms with Crippen LogP contribution in [0.5, 0.6) is 0 Å². The number of carbonyl (C=O) groups is 1. The van der Waals surface area contributed by atoms with Gasteiger partial charge in [-0.05, 0) is 40.9 Å². The van der Waals surface area contributed by atoms with E-state index in [4.69, 9.17) is 4.74 Å². The molecule has 4 heteroatoms. The largest absolute Gasteiger partial charge is 0.468 e. The molecular formula is C10H10BrNO2. The van der Waals surface area contributed by atoms with Gasteiger partial charge in [0.15, 0.2) is 0 Å². The van der Waals surface area contributed by atoms with E-state index in [2.05, 4.69) is 20.9 Å². The van der Waals surface area contributed by atoms with Crippen molar-refractivity contribution in [3.8, 4) is 0 Å². The van der Waals surface area contributed by atoms with E-state index in [1.807, 2.05) is 12.1 Å². The van der Waals surface area contributed by atoms with E-state index in [0.717, 1.165) is 23.0 Å². The smallest absolute Gasteiger partial charge is 0.317 e. The molecule has 1 aromatic heterocycles. The molecule has 0 aliphatic heterocycles. The van der Waals surface area contributed by atoms with Crippen LogP contribution in [-0.4, -0.2) is 18.1 Å². The van der Waals surface area contributed by atoms with Crippen LogP contribution >= 0.6 is 15.9 Å². The number of ether oxygens (including phenoxy) is 1. The highest BCUT2D eigenvalue weighted by Gasteiger charge is 2.53. The minimum absolute atomic E-state index is 0.174. The fourth-order valence-corrected chi connectivity index (χ4v) is 1.78. The summed E-state index contributed by atoms with van der Waals surface area (Å²) in [6, 6.07) is 3.76. The van der Waals surface area contributed by atoms with Crippen molar-refractivity contribution in [1.29, 1.82) is 0 Å². The Hall–Kier alpha value is -0.900. The summed E-state index contributed by atoms with van der Waals surface area (Å²) in [7, 11) is 1.42. The molecule has 3 nitrogen and oxygen atoms in total. The number of aromatic nitrogens is 1. The normalized spacial score (nSPS) is 17.6. The number of hydrogen-bond donors (Lipinski definition) is 0. The summed E-state index contributed by atoms with van der Waals surface area (Å²) in [5, 5.41) is 0. The predicted molar refractivity (Wildman–Crippen MR) is 54.9 cm³/mol. The van der Waals surface area contributed by atoms with Gasteiger partial charge in [-0.25, -0.2) is 0 Å². The van der Waals surface area contributed by atoms with Crippen molar-refractivity contribution in [3.05, 3.63) is 28.5 Å². The number of methoxy groups -OCH3 is 1. The third-order valence-electron chi connectivity index (χ3n) is 2.54. The topological polar surface area (TPSA) is 39.2 Å². The molecule has 1 heterocycles. The first-order valence-corrected chi connectivity index (χ1v) is 5.19. The van der Waals surface area contributed by atoms with Gasteiger partial charge in [0.1, 0.15) is 5.41 Å². The van der Waals surface area contributed by atoms with E-state index in [1.165, 1.54) is 7.11 Å². The number of esters is 1. The molecule has 0 radical (unpaired) electrons. The monoisotopic (exact) mass is 255 g/mol. The van der Waals surface area contributed by atoms with Crippen LogP contribution in [-0.2, 0) is 14.9 Å². The lowest BCUT2D eigenvalue weighted by molar-refractivity contribution is -0.143. The Balaban J connectivity index is 2.31. The van der Waals surface area contributed by atoms with Gasteiger partial charge in [0.05, 0.1) is 12.8 Å². The van der Waals surface area contributed by atoms with Crippen molar-refractivity contribution < 1.29 is 9.53 Å². The molecule has 74 valence electrons. The number of halogens is 1. The van der Waals surface area contributed by atoms with Crippen LogP contribution in [0.15, 0.2) is 22.8 Å². The van der Waals surface area contributed by atoms with Crippen molar-refractivity contribution >= 4 is 21.9 Å². The Bertz CT molecular complexity index is 357. The molecule has 1 aliphatic carbocycles. The summed E-state index contributed by atoms with van der Waals surface area (Å²) in [5.74, 6) is -0.174. The number of rotatable bonds is 2. The van der Waals surface area contributed by atoms with E-state index in [1.54, 1.807) is 6.20 Å². The Morgan fingerprint density at radius 1 is 1.57 bits per heavy atom. The van der Waals surface area contributed by atoms with Gasteiger partial charge >= 0.3 is 5.97 Å². The summed E-state index contributed by atoms with van der Waals surface area (Å²) in [6.45, 7) is 0. The fraction of sp³-hybridized carbons (Fsp3) is 0.400. The lowest BCUT2D eigenvalue weighted by atomic mass is 10.0. The van der Waals surface area contributed by atoms with Crippen molar-refractivity contribution in [2.75, 3.05) is 7.11 Å². The molecule has 1 fully saturated rings. The first-order valence-electron chi connectivity index (χ1n) is 4.39. The minimum atomic E-state index is -0.449. The van der Waals surface area contributed by atoms with Crippen LogP contribution in [0.3, 0.4) is 0 Å². The minimum Gasteiger partial charge on any atom is -0.468 e. The van der Waals surface area contributed by atoms with Crippen molar-refractivity contribution in [2.24, 2.45) is 0 Å². The average molecular weight is 256 g/mol. The van der Waals surface area contributed by atoms with Gasteiger partial charge in [0.2, 0.25) is 0 Å². The maximum atomic E-state index is 11.5. The van der Waals surface area contributed by atoms with Gasteiger partial charge in [-0.1, -0.05) is 0 Å². The van der Waals surface area contributed by atoms with Crippen molar-refractivity contribution in [2.45, 2.75) is 18.3 Å². The molecule has 1 aliphatic rings. The molecule has 0 aromatic carbocycles. The SMILES string of the molecule is COC(=O)C1(c2ccc(Br)cn2)CC1. The standard InChI is InChI=1S/C10H10BrNO2/c1-14-9(13)10(4-5-10)8-3-2-7(11)6-12-8/h2-3,6H,4-5H2,1H3. The van der Waals surface area contributed by atoms with E-state index in [0.29, 0.717) is 0 Å². The third-order valence-corrected chi connectivity index (χ3v) is 3.01. The van der Waals surface area contributed by atoms with Crippen LogP contribution < -0.4 is 0 Å². The van der Waals surface area contributed by atoms with Gasteiger partial charge in [0, 0.05) is 10.7 Å². The quantitative estimate of drug-likeness (QED) is 0.760. The Morgan fingerprint density at radius 2 is 2.29 bits per heavy atom. The second-order valence-corrected chi connectivity index (χ2v) is 4.35. The third kappa shape index (κ3) is 1.43. The second-order valence-electron chi connectivity index (χ2n) is 3.44. The highest BCUT2D eigenvalue weighted by molar-refractivity contribution is 9.10. The van der Waals surface area contributed by atoms with E-state index < -0.39 is 5.41 Å². The van der Waals surface area contributed by atoms with E-state index >= 15 is 0 Å². The lowest BCUT2D eigenvalue weighted by Crippen LogP contribution is -2.22. The zero-order valence-corrected chi connectivity index (χ0v) is 9.37. The maximum absolute atomic E-state index is 11.5. The van der Waals surface area contributed by atoms with Gasteiger partial charge in [0.25, 0.3) is 0 Å². The molecule has 0 N–H and O–H groups in total. The predicted octanol–water partition coefficient (Wildman–Crippen LogP) is 2.05. The zero-order valence-electron chi connectivity index (χ0n) is 7.79. The average Bonchev–Trinajstić information content (AvgIpc) is 2.99. The molecule has 0 saturated heterocycles. The van der Waals surface area contributed by atoms with E-state index in [9.17, 15) is 4.79 Å². The van der Waals surface area contributed by atoms with Crippen LogP contribution in [0, 0.1) is 0 Å². The zero-order chi connectivity index (χ0) is 10.2. The molecule has 2 rings (SSSR count). The summed E-state index contributed by atoms with van der Waals surface area (Å²) < 4.78 is 5.69. The number of nitrogens with zero attached hydrogens (tertiary/aromatic N) is 1. The van der Waals surface area contributed by atoms with Crippen molar-refractivity contribution in [1.82, 2.24) is 4.98 Å². The van der Waals surface area contributed by atoms with Gasteiger partial charge in [-0.2, -0.15) is 0 Å². The first kappa shape index (κ1) is 9.65. The maximum Gasteiger partial charge on any atom is 0.317 e. The Morgan fingerprint density at radius 3 is 2.71 bits per heavy atom. The molecule has 1 aromatic rings. The second kappa shape index (κ2) is 3.35. The molecular weight excluding hydrogens is 246 g/mol. The highest BCUT2D eigenvalue weighted by Crippen LogP contribution is 2.48. The summed E-state index contributed by atoms with van der Waals surface area (Å²) >= 11 is 3.31. The van der Waals surface area contributed by atoms with Crippen LogP contribution in [0.2, 0.25) is 0 Å². The van der Waals surface area contributed by atoms with Crippen molar-refractivity contribution in [3.63, 3.8) is 0 Å². The molecule has 0 amide bonds. The number of carbonyl (C=O) groups excluding carboxylic acids is 1. The molecule has 0 unspecified atom stereocenters. The summed E-state index contributed by atoms with van der Waals surface area (Å²) in [6.07, 6.45) is 3.39. The van der Waals surface area contributed by atoms with E-state index in [-0.39, 0.29) is 5.97 Å². The van der Waals surface area contributed by atoms with Crippen LogP contribution in [0.4, 0.5) is 0 Å². The number of hydrogen-bond acceptors (Lipinski definition) is 3. The van der Waals surface area contributed by atoms with Gasteiger partial charge < -0.3 is 4.74 Å². The highest BCUT2D eigenvalue weighted by atomic mass is 79.9. The molecule has 0 atom stereocenters. The molecule has 0 bridgehead atoms. The Labute approximate surface area is 90.6 Å². The van der Waals surface area contributed by atoms with Gasteiger partial charge in [-0.3, -0.25) is 9.78 Å². The van der Waals surface area contributed by atoms with Crippen LogP contribution in [0.25, 0.3) is 0 Å². The summed E-state index contributed by atoms with van der Waals surface area (Å²) in [4.78, 5) is 15.7. The first-order chi connectivity index (χ1) is 6.69. The Kier molecular flexibility index (Phi) is 2.31.